The lowest BCUT2D eigenvalue weighted by Crippen LogP contribution is -2.29. The summed E-state index contributed by atoms with van der Waals surface area (Å²) in [5, 5.41) is 3.73. The van der Waals surface area contributed by atoms with E-state index >= 15 is 0 Å². The molecule has 0 spiro atoms. The average Bonchev–Trinajstić information content (AvgIpc) is 3.00. The minimum Gasteiger partial charge on any atom is -0.497 e. The highest BCUT2D eigenvalue weighted by Crippen LogP contribution is 2.33. The summed E-state index contributed by atoms with van der Waals surface area (Å²) in [7, 11) is 1.61. The molecule has 1 saturated heterocycles. The van der Waals surface area contributed by atoms with E-state index in [4.69, 9.17) is 40.2 Å². The number of hydrogen-bond donors (Lipinski definition) is 1. The Bertz CT molecular complexity index is 1020. The van der Waals surface area contributed by atoms with Crippen LogP contribution in [0.25, 0.3) is 6.08 Å². The average molecular weight is 509 g/mol. The van der Waals surface area contributed by atoms with Crippen LogP contribution in [0.2, 0.25) is 10.0 Å². The molecule has 1 aliphatic rings. The van der Waals surface area contributed by atoms with E-state index in [9.17, 15) is 9.59 Å². The standard InChI is InChI=1S/C23H22Cl2N2O3S2/c1-30-19-8-6-15(7-9-19)11-20-22(29)27(23(31)32-20)10-4-2-3-5-21(28)26-18-13-16(24)12-17(25)14-18/h6-9,11-14H,2-5,10H2,1H3,(H,26,28). The second kappa shape index (κ2) is 11.7. The van der Waals surface area contributed by atoms with E-state index in [2.05, 4.69) is 5.32 Å². The zero-order valence-corrected chi connectivity index (χ0v) is 20.5. The summed E-state index contributed by atoms with van der Waals surface area (Å²) in [5.74, 6) is 0.586. The molecule has 0 radical (unpaired) electrons. The number of nitrogens with one attached hydrogen (secondary N) is 1. The molecule has 2 amide bonds. The van der Waals surface area contributed by atoms with E-state index in [0.717, 1.165) is 24.2 Å². The Morgan fingerprint density at radius 1 is 1.12 bits per heavy atom. The fraction of sp³-hybridized carbons (Fsp3) is 0.261. The third kappa shape index (κ3) is 6.97. The van der Waals surface area contributed by atoms with Crippen LogP contribution in [0.3, 0.4) is 0 Å². The minimum atomic E-state index is -0.101. The Morgan fingerprint density at radius 2 is 1.81 bits per heavy atom. The Kier molecular flexibility index (Phi) is 8.99. The molecular formula is C23H22Cl2N2O3S2. The number of unbranched alkanes of at least 4 members (excludes halogenated alkanes) is 2. The van der Waals surface area contributed by atoms with Gasteiger partial charge in [0.15, 0.2) is 0 Å². The number of halogens is 2. The predicted octanol–water partition coefficient (Wildman–Crippen LogP) is 6.40. The number of hydrogen-bond acceptors (Lipinski definition) is 5. The van der Waals surface area contributed by atoms with Gasteiger partial charge in [0.05, 0.1) is 12.0 Å². The lowest BCUT2D eigenvalue weighted by Gasteiger charge is -2.14. The molecule has 0 unspecified atom stereocenters. The number of carbonyl (C=O) groups is 2. The monoisotopic (exact) mass is 508 g/mol. The van der Waals surface area contributed by atoms with Gasteiger partial charge in [-0.3, -0.25) is 14.5 Å². The third-order valence-corrected chi connectivity index (χ3v) is 6.53. The third-order valence-electron chi connectivity index (χ3n) is 4.72. The second-order valence-electron chi connectivity index (χ2n) is 7.12. The highest BCUT2D eigenvalue weighted by Gasteiger charge is 2.31. The SMILES string of the molecule is COc1ccc(C=C2SC(=S)N(CCCCCC(=O)Nc3cc(Cl)cc(Cl)c3)C2=O)cc1. The van der Waals surface area contributed by atoms with Crippen molar-refractivity contribution in [3.05, 3.63) is 63.0 Å². The highest BCUT2D eigenvalue weighted by atomic mass is 35.5. The molecule has 1 aliphatic heterocycles. The maximum atomic E-state index is 12.7. The van der Waals surface area contributed by atoms with Gasteiger partial charge in [-0.05, 0) is 54.8 Å². The fourth-order valence-electron chi connectivity index (χ4n) is 3.13. The second-order valence-corrected chi connectivity index (χ2v) is 9.67. The molecule has 0 saturated carbocycles. The molecule has 2 aromatic carbocycles. The molecule has 2 aromatic rings. The normalized spacial score (nSPS) is 14.8. The van der Waals surface area contributed by atoms with Gasteiger partial charge in [-0.2, -0.15) is 0 Å². The molecule has 3 rings (SSSR count). The predicted molar refractivity (Wildman–Crippen MR) is 136 cm³/mol. The smallest absolute Gasteiger partial charge is 0.266 e. The van der Waals surface area contributed by atoms with Crippen molar-refractivity contribution < 1.29 is 14.3 Å². The maximum Gasteiger partial charge on any atom is 0.266 e. The zero-order valence-electron chi connectivity index (χ0n) is 17.4. The maximum absolute atomic E-state index is 12.7. The minimum absolute atomic E-state index is 0.0774. The van der Waals surface area contributed by atoms with Gasteiger partial charge < -0.3 is 10.1 Å². The van der Waals surface area contributed by atoms with Gasteiger partial charge in [-0.15, -0.1) is 0 Å². The van der Waals surface area contributed by atoms with Gasteiger partial charge in [0, 0.05) is 28.7 Å². The number of methoxy groups -OCH3 is 1. The van der Waals surface area contributed by atoms with Gasteiger partial charge in [-0.1, -0.05) is 65.7 Å². The summed E-state index contributed by atoms with van der Waals surface area (Å²) in [5.41, 5.74) is 1.49. The Morgan fingerprint density at radius 3 is 2.47 bits per heavy atom. The van der Waals surface area contributed by atoms with E-state index in [1.807, 2.05) is 30.3 Å². The number of anilines is 1. The summed E-state index contributed by atoms with van der Waals surface area (Å²) >= 11 is 18.6. The molecule has 0 aliphatic carbocycles. The first-order chi connectivity index (χ1) is 15.4. The molecule has 0 bridgehead atoms. The topological polar surface area (TPSA) is 58.6 Å². The Labute approximate surface area is 207 Å². The fourth-order valence-corrected chi connectivity index (χ4v) is 4.96. The van der Waals surface area contributed by atoms with E-state index in [-0.39, 0.29) is 11.8 Å². The van der Waals surface area contributed by atoms with Gasteiger partial charge in [-0.25, -0.2) is 0 Å². The molecule has 1 N–H and O–H groups in total. The Hall–Kier alpha value is -2.06. The number of ether oxygens (including phenoxy) is 1. The number of thiocarbonyl (C=S) groups is 1. The number of carbonyl (C=O) groups excluding carboxylic acids is 2. The van der Waals surface area contributed by atoms with Crippen molar-refractivity contribution in [3.8, 4) is 5.75 Å². The van der Waals surface area contributed by atoms with Crippen molar-refractivity contribution >= 4 is 75.1 Å². The van der Waals surface area contributed by atoms with Crippen molar-refractivity contribution in [1.29, 1.82) is 0 Å². The van der Waals surface area contributed by atoms with Crippen LogP contribution in [-0.2, 0) is 9.59 Å². The van der Waals surface area contributed by atoms with Gasteiger partial charge in [0.25, 0.3) is 5.91 Å². The molecule has 1 fully saturated rings. The first-order valence-electron chi connectivity index (χ1n) is 10.0. The quantitative estimate of drug-likeness (QED) is 0.241. The van der Waals surface area contributed by atoms with E-state index < -0.39 is 0 Å². The summed E-state index contributed by atoms with van der Waals surface area (Å²) in [6.45, 7) is 0.538. The largest absolute Gasteiger partial charge is 0.497 e. The first-order valence-corrected chi connectivity index (χ1v) is 12.0. The number of thioether (sulfide) groups is 1. The molecule has 9 heteroatoms. The molecule has 0 atom stereocenters. The molecule has 5 nitrogen and oxygen atoms in total. The molecular weight excluding hydrogens is 487 g/mol. The van der Waals surface area contributed by atoms with Crippen LogP contribution in [-0.4, -0.2) is 34.7 Å². The lowest BCUT2D eigenvalue weighted by molar-refractivity contribution is -0.122. The van der Waals surface area contributed by atoms with Gasteiger partial charge >= 0.3 is 0 Å². The van der Waals surface area contributed by atoms with Gasteiger partial charge in [0.2, 0.25) is 5.91 Å². The number of benzene rings is 2. The summed E-state index contributed by atoms with van der Waals surface area (Å²) < 4.78 is 5.72. The van der Waals surface area contributed by atoms with E-state index in [1.165, 1.54) is 11.8 Å². The highest BCUT2D eigenvalue weighted by molar-refractivity contribution is 8.26. The number of amides is 2. The van der Waals surface area contributed by atoms with E-state index in [0.29, 0.717) is 44.3 Å². The summed E-state index contributed by atoms with van der Waals surface area (Å²) in [6.07, 6.45) is 4.48. The van der Waals surface area contributed by atoms with Crippen LogP contribution in [0.15, 0.2) is 47.4 Å². The van der Waals surface area contributed by atoms with E-state index in [1.54, 1.807) is 30.2 Å². The lowest BCUT2D eigenvalue weighted by atomic mass is 10.1. The van der Waals surface area contributed by atoms with Crippen LogP contribution in [0, 0.1) is 0 Å². The van der Waals surface area contributed by atoms with Crippen LogP contribution in [0.1, 0.15) is 31.2 Å². The van der Waals surface area contributed by atoms with Crippen molar-refractivity contribution in [2.45, 2.75) is 25.7 Å². The van der Waals surface area contributed by atoms with Crippen molar-refractivity contribution in [2.75, 3.05) is 19.0 Å². The molecule has 0 aromatic heterocycles. The van der Waals surface area contributed by atoms with Crippen LogP contribution >= 0.6 is 47.2 Å². The molecule has 168 valence electrons. The van der Waals surface area contributed by atoms with Crippen LogP contribution < -0.4 is 10.1 Å². The van der Waals surface area contributed by atoms with Crippen LogP contribution in [0.5, 0.6) is 5.75 Å². The summed E-state index contributed by atoms with van der Waals surface area (Å²) in [4.78, 5) is 27.1. The van der Waals surface area contributed by atoms with Crippen LogP contribution in [0.4, 0.5) is 5.69 Å². The van der Waals surface area contributed by atoms with Gasteiger partial charge in [0.1, 0.15) is 10.1 Å². The first kappa shape index (κ1) is 24.6. The summed E-state index contributed by atoms with van der Waals surface area (Å²) in [6, 6.07) is 12.4. The number of rotatable bonds is 9. The zero-order chi connectivity index (χ0) is 23.1. The van der Waals surface area contributed by atoms with Crippen molar-refractivity contribution in [2.24, 2.45) is 0 Å². The molecule has 32 heavy (non-hydrogen) atoms. The van der Waals surface area contributed by atoms with Crippen molar-refractivity contribution in [3.63, 3.8) is 0 Å². The van der Waals surface area contributed by atoms with Crippen molar-refractivity contribution in [1.82, 2.24) is 4.90 Å². The Balaban J connectivity index is 1.42. The number of nitrogens with zero attached hydrogens (tertiary/aromatic N) is 1. The molecule has 1 heterocycles.